The van der Waals surface area contributed by atoms with Gasteiger partial charge in [0.2, 0.25) is 0 Å². The van der Waals surface area contributed by atoms with Gasteiger partial charge < -0.3 is 10.2 Å². The van der Waals surface area contributed by atoms with Crippen LogP contribution in [0.25, 0.3) is 10.9 Å². The fraction of sp³-hybridized carbons (Fsp3) is 0.474. The summed E-state index contributed by atoms with van der Waals surface area (Å²) in [4.78, 5) is 19.9. The first-order valence-corrected chi connectivity index (χ1v) is 9.07. The second-order valence-corrected chi connectivity index (χ2v) is 7.43. The average molecular weight is 417 g/mol. The van der Waals surface area contributed by atoms with Crippen LogP contribution in [0.2, 0.25) is 5.02 Å². The number of rotatable bonds is 4. The second-order valence-electron chi connectivity index (χ2n) is 6.99. The molecule has 1 aliphatic carbocycles. The lowest BCUT2D eigenvalue weighted by molar-refractivity contribution is 0.0789. The highest BCUT2D eigenvalue weighted by molar-refractivity contribution is 6.31. The molecule has 1 saturated heterocycles. The van der Waals surface area contributed by atoms with Gasteiger partial charge in [0, 0.05) is 35.1 Å². The Morgan fingerprint density at radius 2 is 2.04 bits per heavy atom. The van der Waals surface area contributed by atoms with E-state index in [1.807, 2.05) is 36.2 Å². The minimum Gasteiger partial charge on any atom is -0.338 e. The van der Waals surface area contributed by atoms with E-state index in [2.05, 4.69) is 5.32 Å². The molecular weight excluding hydrogens is 393 g/mol. The first-order valence-electron chi connectivity index (χ1n) is 8.70. The van der Waals surface area contributed by atoms with Crippen molar-refractivity contribution in [3.63, 3.8) is 0 Å². The highest BCUT2D eigenvalue weighted by atomic mass is 35.5. The summed E-state index contributed by atoms with van der Waals surface area (Å²) >= 11 is 6.17. The number of hydrogen-bond acceptors (Lipinski definition) is 3. The molecule has 1 aromatic carbocycles. The van der Waals surface area contributed by atoms with Crippen LogP contribution in [0.4, 0.5) is 0 Å². The van der Waals surface area contributed by atoms with E-state index >= 15 is 0 Å². The SMILES string of the molecule is CNCC1CCN(C(=O)c2cc(C3CC3)nc3ccc(Cl)cc23)C1.Cl.Cl. The second kappa shape index (κ2) is 8.75. The molecule has 1 aliphatic heterocycles. The summed E-state index contributed by atoms with van der Waals surface area (Å²) in [5.74, 6) is 1.18. The van der Waals surface area contributed by atoms with Gasteiger partial charge in [0.1, 0.15) is 0 Å². The zero-order chi connectivity index (χ0) is 16.7. The van der Waals surface area contributed by atoms with E-state index in [1.165, 1.54) is 12.8 Å². The summed E-state index contributed by atoms with van der Waals surface area (Å²) in [6.07, 6.45) is 3.41. The third-order valence-electron chi connectivity index (χ3n) is 5.08. The molecule has 0 bridgehead atoms. The van der Waals surface area contributed by atoms with Crippen molar-refractivity contribution in [1.29, 1.82) is 0 Å². The van der Waals surface area contributed by atoms with Crippen LogP contribution < -0.4 is 5.32 Å². The van der Waals surface area contributed by atoms with Crippen molar-refractivity contribution in [3.8, 4) is 0 Å². The van der Waals surface area contributed by atoms with Crippen LogP contribution in [-0.2, 0) is 0 Å². The van der Waals surface area contributed by atoms with Gasteiger partial charge in [-0.2, -0.15) is 0 Å². The van der Waals surface area contributed by atoms with E-state index < -0.39 is 0 Å². The van der Waals surface area contributed by atoms with Crippen LogP contribution in [0, 0.1) is 5.92 Å². The van der Waals surface area contributed by atoms with E-state index in [0.29, 0.717) is 16.9 Å². The van der Waals surface area contributed by atoms with Crippen molar-refractivity contribution in [3.05, 3.63) is 40.5 Å². The molecule has 1 aromatic heterocycles. The van der Waals surface area contributed by atoms with Gasteiger partial charge in [-0.3, -0.25) is 9.78 Å². The van der Waals surface area contributed by atoms with Crippen molar-refractivity contribution in [2.75, 3.05) is 26.7 Å². The molecule has 4 rings (SSSR count). The summed E-state index contributed by atoms with van der Waals surface area (Å²) in [5.41, 5.74) is 2.69. The number of aromatic nitrogens is 1. The quantitative estimate of drug-likeness (QED) is 0.808. The molecule has 1 unspecified atom stereocenters. The van der Waals surface area contributed by atoms with Gasteiger partial charge in [0.05, 0.1) is 11.1 Å². The fourth-order valence-electron chi connectivity index (χ4n) is 3.63. The minimum atomic E-state index is 0. The third-order valence-corrected chi connectivity index (χ3v) is 5.32. The lowest BCUT2D eigenvalue weighted by Crippen LogP contribution is -2.30. The summed E-state index contributed by atoms with van der Waals surface area (Å²) in [5, 5.41) is 4.73. The Balaban J connectivity index is 0.00000121. The first-order chi connectivity index (χ1) is 11.7. The number of halogens is 3. The van der Waals surface area contributed by atoms with Gasteiger partial charge in [0.25, 0.3) is 5.91 Å². The van der Waals surface area contributed by atoms with Crippen molar-refractivity contribution in [2.24, 2.45) is 5.92 Å². The summed E-state index contributed by atoms with van der Waals surface area (Å²) < 4.78 is 0. The van der Waals surface area contributed by atoms with Crippen LogP contribution in [0.3, 0.4) is 0 Å². The first kappa shape index (κ1) is 21.2. The maximum absolute atomic E-state index is 13.2. The molecule has 26 heavy (non-hydrogen) atoms. The van der Waals surface area contributed by atoms with Crippen molar-refractivity contribution in [1.82, 2.24) is 15.2 Å². The van der Waals surface area contributed by atoms with Gasteiger partial charge in [-0.05, 0) is 63.0 Å². The molecule has 1 atom stereocenters. The van der Waals surface area contributed by atoms with Crippen molar-refractivity contribution in [2.45, 2.75) is 25.2 Å². The van der Waals surface area contributed by atoms with Crippen LogP contribution in [-0.4, -0.2) is 42.5 Å². The van der Waals surface area contributed by atoms with Gasteiger partial charge in [0.15, 0.2) is 0 Å². The van der Waals surface area contributed by atoms with Crippen LogP contribution in [0.1, 0.15) is 41.2 Å². The molecule has 2 fully saturated rings. The highest BCUT2D eigenvalue weighted by Gasteiger charge is 2.30. The number of hydrogen-bond donors (Lipinski definition) is 1. The number of amides is 1. The monoisotopic (exact) mass is 415 g/mol. The molecule has 2 aromatic rings. The fourth-order valence-corrected chi connectivity index (χ4v) is 3.80. The van der Waals surface area contributed by atoms with Crippen LogP contribution in [0.15, 0.2) is 24.3 Å². The van der Waals surface area contributed by atoms with Crippen molar-refractivity contribution < 1.29 is 4.79 Å². The number of nitrogens with zero attached hydrogens (tertiary/aromatic N) is 2. The van der Waals surface area contributed by atoms with E-state index in [9.17, 15) is 4.79 Å². The van der Waals surface area contributed by atoms with E-state index in [4.69, 9.17) is 16.6 Å². The Labute approximate surface area is 171 Å². The Morgan fingerprint density at radius 3 is 2.73 bits per heavy atom. The predicted molar refractivity (Wildman–Crippen MR) is 111 cm³/mol. The molecule has 1 amide bonds. The minimum absolute atomic E-state index is 0. The van der Waals surface area contributed by atoms with Gasteiger partial charge >= 0.3 is 0 Å². The zero-order valence-corrected chi connectivity index (χ0v) is 17.1. The smallest absolute Gasteiger partial charge is 0.254 e. The Morgan fingerprint density at radius 1 is 1.27 bits per heavy atom. The number of fused-ring (bicyclic) bond motifs is 1. The third kappa shape index (κ3) is 4.25. The number of carbonyl (C=O) groups excluding carboxylic acids is 1. The molecule has 2 heterocycles. The van der Waals surface area contributed by atoms with E-state index in [1.54, 1.807) is 0 Å². The van der Waals surface area contributed by atoms with Gasteiger partial charge in [-0.15, -0.1) is 24.8 Å². The summed E-state index contributed by atoms with van der Waals surface area (Å²) in [6, 6.07) is 7.65. The Bertz CT molecular complexity index is 795. The predicted octanol–water partition coefficient (Wildman–Crippen LogP) is 4.29. The maximum atomic E-state index is 13.2. The van der Waals surface area contributed by atoms with E-state index in [-0.39, 0.29) is 30.7 Å². The molecule has 142 valence electrons. The molecule has 0 spiro atoms. The number of nitrogens with one attached hydrogen (secondary N) is 1. The molecule has 4 nitrogen and oxygen atoms in total. The molecule has 1 N–H and O–H groups in total. The molecule has 0 radical (unpaired) electrons. The number of carbonyl (C=O) groups is 1. The van der Waals surface area contributed by atoms with Crippen LogP contribution >= 0.6 is 36.4 Å². The molecule has 2 aliphatic rings. The van der Waals surface area contributed by atoms with Gasteiger partial charge in [-0.25, -0.2) is 0 Å². The molecular formula is C19H24Cl3N3O. The van der Waals surface area contributed by atoms with E-state index in [0.717, 1.165) is 48.2 Å². The topological polar surface area (TPSA) is 45.2 Å². The lowest BCUT2D eigenvalue weighted by atomic mass is 10.0. The highest BCUT2D eigenvalue weighted by Crippen LogP contribution is 2.40. The number of likely N-dealkylation sites (tertiary alicyclic amines) is 1. The molecule has 1 saturated carbocycles. The Hall–Kier alpha value is -1.07. The van der Waals surface area contributed by atoms with Crippen molar-refractivity contribution >= 4 is 53.2 Å². The average Bonchev–Trinajstić information content (AvgIpc) is 3.33. The summed E-state index contributed by atoms with van der Waals surface area (Å²) in [7, 11) is 1.96. The van der Waals surface area contributed by atoms with Crippen LogP contribution in [0.5, 0.6) is 0 Å². The normalized spacial score (nSPS) is 19.2. The standard InChI is InChI=1S/C19H22ClN3O.2ClH/c1-21-10-12-6-7-23(11-12)19(24)16-9-18(13-2-3-13)22-17-5-4-14(20)8-15(16)17;;/h4-5,8-9,12-13,21H,2-3,6-7,10-11H2,1H3;2*1H. The van der Waals surface area contributed by atoms with Gasteiger partial charge in [-0.1, -0.05) is 11.6 Å². The Kier molecular flexibility index (Phi) is 7.14. The number of pyridine rings is 1. The number of benzene rings is 1. The lowest BCUT2D eigenvalue weighted by Gasteiger charge is -2.18. The largest absolute Gasteiger partial charge is 0.338 e. The zero-order valence-electron chi connectivity index (χ0n) is 14.7. The summed E-state index contributed by atoms with van der Waals surface area (Å²) in [6.45, 7) is 2.61. The molecule has 7 heteroatoms. The maximum Gasteiger partial charge on any atom is 0.254 e.